The average Bonchev–Trinajstić information content (AvgIpc) is 3.21. The van der Waals surface area contributed by atoms with Gasteiger partial charge < -0.3 is 4.74 Å². The van der Waals surface area contributed by atoms with Crippen molar-refractivity contribution in [1.29, 1.82) is 0 Å². The van der Waals surface area contributed by atoms with E-state index in [1.807, 2.05) is 36.4 Å². The Kier molecular flexibility index (Phi) is 5.56. The molecule has 1 aliphatic rings. The topological polar surface area (TPSA) is 90.6 Å². The van der Waals surface area contributed by atoms with Gasteiger partial charge in [0.2, 0.25) is 5.91 Å². The molecule has 0 bridgehead atoms. The highest BCUT2D eigenvalue weighted by atomic mass is 32.2. The molecule has 1 fully saturated rings. The molecule has 0 spiro atoms. The molecule has 5 rings (SSSR count). The fourth-order valence-corrected chi connectivity index (χ4v) is 6.12. The van der Waals surface area contributed by atoms with Crippen LogP contribution in [0.25, 0.3) is 5.69 Å². The first-order chi connectivity index (χ1) is 16.8. The molecule has 9 heteroatoms. The van der Waals surface area contributed by atoms with E-state index in [0.717, 1.165) is 4.90 Å². The minimum atomic E-state index is -3.88. The van der Waals surface area contributed by atoms with Crippen LogP contribution in [-0.2, 0) is 21.7 Å². The van der Waals surface area contributed by atoms with Gasteiger partial charge in [0.1, 0.15) is 22.9 Å². The van der Waals surface area contributed by atoms with Crippen LogP contribution in [0.15, 0.2) is 89.7 Å². The Hall–Kier alpha value is -4.11. The highest BCUT2D eigenvalue weighted by molar-refractivity contribution is 7.93. The second-order valence-corrected chi connectivity index (χ2v) is 10.4. The van der Waals surface area contributed by atoms with Gasteiger partial charge in [-0.05, 0) is 48.9 Å². The number of para-hydroxylation sites is 2. The normalized spacial score (nSPS) is 17.0. The Morgan fingerprint density at radius 1 is 0.829 bits per heavy atom. The summed E-state index contributed by atoms with van der Waals surface area (Å²) >= 11 is 0. The molecule has 0 unspecified atom stereocenters. The van der Waals surface area contributed by atoms with E-state index in [2.05, 4.69) is 0 Å². The molecule has 178 valence electrons. The Morgan fingerprint density at radius 2 is 1.40 bits per heavy atom. The number of aromatic nitrogens is 2. The second-order valence-electron chi connectivity index (χ2n) is 8.32. The van der Waals surface area contributed by atoms with Gasteiger partial charge in [-0.25, -0.2) is 13.1 Å². The summed E-state index contributed by atoms with van der Waals surface area (Å²) in [6.07, 6.45) is 0. The zero-order valence-corrected chi connectivity index (χ0v) is 20.0. The molecule has 3 aromatic carbocycles. The van der Waals surface area contributed by atoms with Crippen LogP contribution in [0.5, 0.6) is 11.5 Å². The lowest BCUT2D eigenvalue weighted by Crippen LogP contribution is -2.34. The van der Waals surface area contributed by atoms with E-state index in [0.29, 0.717) is 28.4 Å². The number of anilines is 1. The largest absolute Gasteiger partial charge is 0.457 e. The summed E-state index contributed by atoms with van der Waals surface area (Å²) in [6.45, 7) is 1.70. The van der Waals surface area contributed by atoms with Crippen molar-refractivity contribution in [2.75, 3.05) is 10.7 Å². The zero-order chi connectivity index (χ0) is 24.7. The number of hydrogen-bond donors (Lipinski definition) is 0. The number of carbonyl (C=O) groups is 1. The van der Waals surface area contributed by atoms with E-state index in [1.54, 1.807) is 67.2 Å². The van der Waals surface area contributed by atoms with Crippen molar-refractivity contribution < 1.29 is 17.9 Å². The van der Waals surface area contributed by atoms with Gasteiger partial charge in [-0.1, -0.05) is 48.5 Å². The minimum Gasteiger partial charge on any atom is -0.457 e. The summed E-state index contributed by atoms with van der Waals surface area (Å²) in [5.74, 6) is -0.132. The van der Waals surface area contributed by atoms with E-state index in [4.69, 9.17) is 4.74 Å². The van der Waals surface area contributed by atoms with Gasteiger partial charge in [0.15, 0.2) is 15.2 Å². The number of ether oxygens (including phenoxy) is 1. The molecule has 35 heavy (non-hydrogen) atoms. The highest BCUT2D eigenvalue weighted by Crippen LogP contribution is 2.38. The van der Waals surface area contributed by atoms with E-state index < -0.39 is 32.4 Å². The maximum Gasteiger partial charge on any atom is 0.295 e. The van der Waals surface area contributed by atoms with Crippen LogP contribution in [0.1, 0.15) is 16.6 Å². The lowest BCUT2D eigenvalue weighted by Gasteiger charge is -2.23. The second kappa shape index (κ2) is 8.59. The van der Waals surface area contributed by atoms with Crippen molar-refractivity contribution in [3.05, 3.63) is 107 Å². The summed E-state index contributed by atoms with van der Waals surface area (Å²) in [5, 5.41) is -1.31. The molecule has 0 N–H and O–H groups in total. The van der Waals surface area contributed by atoms with E-state index in [9.17, 15) is 18.0 Å². The van der Waals surface area contributed by atoms with Crippen LogP contribution in [0.4, 0.5) is 5.69 Å². The standard InChI is InChI=1S/C26H23N3O5S/c1-18-24(25(31)29(27(18)2)20-9-5-3-6-10-20)28-23(30)17-35(32,33)26(28)19-13-15-22(16-14-19)34-21-11-7-4-8-12-21/h3-16,26H,17H2,1-2H3/t26-/m0/s1. The third kappa shape index (κ3) is 3.93. The summed E-state index contributed by atoms with van der Waals surface area (Å²) < 4.78 is 35.1. The number of hydrogen-bond acceptors (Lipinski definition) is 5. The third-order valence-corrected chi connectivity index (χ3v) is 7.89. The lowest BCUT2D eigenvalue weighted by molar-refractivity contribution is -0.115. The first-order valence-corrected chi connectivity index (χ1v) is 12.7. The summed E-state index contributed by atoms with van der Waals surface area (Å²) in [6, 6.07) is 24.7. The number of benzene rings is 3. The SMILES string of the molecule is Cc1c(N2C(=O)CS(=O)(=O)[C@H]2c2ccc(Oc3ccccc3)cc2)c(=O)n(-c2ccccc2)n1C. The maximum atomic E-state index is 13.5. The molecular formula is C26H23N3O5S. The lowest BCUT2D eigenvalue weighted by atomic mass is 10.2. The summed E-state index contributed by atoms with van der Waals surface area (Å²) in [4.78, 5) is 27.7. The smallest absolute Gasteiger partial charge is 0.295 e. The number of carbonyl (C=O) groups excluding carboxylic acids is 1. The van der Waals surface area contributed by atoms with Gasteiger partial charge in [-0.15, -0.1) is 0 Å². The maximum absolute atomic E-state index is 13.5. The van der Waals surface area contributed by atoms with Gasteiger partial charge in [0, 0.05) is 7.05 Å². The van der Waals surface area contributed by atoms with Gasteiger partial charge >= 0.3 is 0 Å². The van der Waals surface area contributed by atoms with Crippen molar-refractivity contribution >= 4 is 21.4 Å². The van der Waals surface area contributed by atoms with Crippen LogP contribution in [0, 0.1) is 6.92 Å². The first-order valence-electron chi connectivity index (χ1n) is 11.0. The fourth-order valence-electron chi connectivity index (χ4n) is 4.37. The van der Waals surface area contributed by atoms with E-state index in [1.165, 1.54) is 4.68 Å². The predicted molar refractivity (Wildman–Crippen MR) is 133 cm³/mol. The fraction of sp³-hybridized carbons (Fsp3) is 0.154. The van der Waals surface area contributed by atoms with Gasteiger partial charge in [-0.3, -0.25) is 19.2 Å². The summed E-state index contributed by atoms with van der Waals surface area (Å²) in [5.41, 5.74) is 1.07. The van der Waals surface area contributed by atoms with Crippen LogP contribution in [-0.4, -0.2) is 29.4 Å². The van der Waals surface area contributed by atoms with Crippen LogP contribution in [0.3, 0.4) is 0 Å². The molecule has 1 atom stereocenters. The highest BCUT2D eigenvalue weighted by Gasteiger charge is 2.48. The van der Waals surface area contributed by atoms with Crippen molar-refractivity contribution in [1.82, 2.24) is 9.36 Å². The predicted octanol–water partition coefficient (Wildman–Crippen LogP) is 3.74. The van der Waals surface area contributed by atoms with Gasteiger partial charge in [-0.2, -0.15) is 0 Å². The number of sulfone groups is 1. The Balaban J connectivity index is 1.57. The van der Waals surface area contributed by atoms with Crippen LogP contribution < -0.4 is 15.2 Å². The first kappa shape index (κ1) is 22.7. The van der Waals surface area contributed by atoms with Crippen molar-refractivity contribution in [3.8, 4) is 17.2 Å². The van der Waals surface area contributed by atoms with Crippen molar-refractivity contribution in [2.24, 2.45) is 7.05 Å². The Morgan fingerprint density at radius 3 is 2.03 bits per heavy atom. The average molecular weight is 490 g/mol. The molecule has 1 aromatic heterocycles. The Bertz CT molecular complexity index is 1560. The van der Waals surface area contributed by atoms with Crippen molar-refractivity contribution in [3.63, 3.8) is 0 Å². The molecule has 0 aliphatic carbocycles. The summed E-state index contributed by atoms with van der Waals surface area (Å²) in [7, 11) is -2.18. The molecule has 1 amide bonds. The third-order valence-electron chi connectivity index (χ3n) is 6.08. The molecule has 2 heterocycles. The molecular weight excluding hydrogens is 466 g/mol. The minimum absolute atomic E-state index is 0.0528. The van der Waals surface area contributed by atoms with Crippen molar-refractivity contribution in [2.45, 2.75) is 12.3 Å². The molecule has 1 aliphatic heterocycles. The van der Waals surface area contributed by atoms with Crippen LogP contribution in [0.2, 0.25) is 0 Å². The molecule has 4 aromatic rings. The number of amides is 1. The number of rotatable bonds is 5. The Labute approximate surface area is 202 Å². The zero-order valence-electron chi connectivity index (χ0n) is 19.2. The molecule has 1 saturated heterocycles. The van der Waals surface area contributed by atoms with Gasteiger partial charge in [0.25, 0.3) is 5.56 Å². The molecule has 8 nitrogen and oxygen atoms in total. The van der Waals surface area contributed by atoms with Crippen LogP contribution >= 0.6 is 0 Å². The monoisotopic (exact) mass is 489 g/mol. The van der Waals surface area contributed by atoms with Gasteiger partial charge in [0.05, 0.1) is 11.4 Å². The molecule has 0 saturated carbocycles. The quantitative estimate of drug-likeness (QED) is 0.426. The molecule has 0 radical (unpaired) electrons. The van der Waals surface area contributed by atoms with E-state index >= 15 is 0 Å². The number of nitrogens with zero attached hydrogens (tertiary/aromatic N) is 3. The van der Waals surface area contributed by atoms with E-state index in [-0.39, 0.29) is 5.69 Å².